The Morgan fingerprint density at radius 2 is 2.00 bits per heavy atom. The average molecular weight is 300 g/mol. The maximum Gasteiger partial charge on any atom is 0.222 e. The molecule has 1 spiro atoms. The molecule has 1 saturated heterocycles. The van der Waals surface area contributed by atoms with Crippen LogP contribution in [0.3, 0.4) is 0 Å². The lowest BCUT2D eigenvalue weighted by Gasteiger charge is -2.40. The summed E-state index contributed by atoms with van der Waals surface area (Å²) in [5.41, 5.74) is 4.69. The van der Waals surface area contributed by atoms with Gasteiger partial charge in [-0.1, -0.05) is 30.7 Å². The lowest BCUT2D eigenvalue weighted by Crippen LogP contribution is -2.44. The number of amides is 1. The smallest absolute Gasteiger partial charge is 0.222 e. The van der Waals surface area contributed by atoms with Crippen LogP contribution in [0.1, 0.15) is 55.3 Å². The quantitative estimate of drug-likeness (QED) is 0.837. The first-order chi connectivity index (χ1) is 10.5. The van der Waals surface area contributed by atoms with Gasteiger partial charge in [0.25, 0.3) is 0 Å². The van der Waals surface area contributed by atoms with Crippen LogP contribution >= 0.6 is 0 Å². The van der Waals surface area contributed by atoms with E-state index in [9.17, 15) is 4.79 Å². The minimum Gasteiger partial charge on any atom is -0.343 e. The molecule has 22 heavy (non-hydrogen) atoms. The van der Waals surface area contributed by atoms with Crippen molar-refractivity contribution < 1.29 is 4.79 Å². The third-order valence-electron chi connectivity index (χ3n) is 5.72. The van der Waals surface area contributed by atoms with Crippen molar-refractivity contribution in [2.75, 3.05) is 27.2 Å². The third kappa shape index (κ3) is 2.45. The van der Waals surface area contributed by atoms with E-state index in [0.717, 1.165) is 25.9 Å². The number of likely N-dealkylation sites (tertiary alicyclic amines) is 1. The fourth-order valence-corrected chi connectivity index (χ4v) is 4.35. The number of rotatable bonds is 2. The Balaban J connectivity index is 1.90. The van der Waals surface area contributed by atoms with Crippen LogP contribution in [0, 0.1) is 6.92 Å². The summed E-state index contributed by atoms with van der Waals surface area (Å²) in [6.07, 6.45) is 4.05. The zero-order valence-corrected chi connectivity index (χ0v) is 14.4. The van der Waals surface area contributed by atoms with E-state index >= 15 is 0 Å². The second-order valence-corrected chi connectivity index (χ2v) is 7.29. The van der Waals surface area contributed by atoms with Gasteiger partial charge in [-0.25, -0.2) is 0 Å². The summed E-state index contributed by atoms with van der Waals surface area (Å²) in [6.45, 7) is 5.98. The Morgan fingerprint density at radius 3 is 2.59 bits per heavy atom. The normalized spacial score (nSPS) is 23.1. The Kier molecular flexibility index (Phi) is 4.02. The summed E-state index contributed by atoms with van der Waals surface area (Å²) in [4.78, 5) is 16.4. The van der Waals surface area contributed by atoms with Crippen LogP contribution in [0.5, 0.6) is 0 Å². The van der Waals surface area contributed by atoms with Crippen LogP contribution in [0.15, 0.2) is 18.2 Å². The van der Waals surface area contributed by atoms with Crippen molar-refractivity contribution in [1.29, 1.82) is 0 Å². The lowest BCUT2D eigenvalue weighted by molar-refractivity contribution is -0.132. The van der Waals surface area contributed by atoms with Gasteiger partial charge in [-0.3, -0.25) is 4.79 Å². The zero-order chi connectivity index (χ0) is 15.9. The molecule has 1 amide bonds. The molecule has 1 aliphatic heterocycles. The summed E-state index contributed by atoms with van der Waals surface area (Å²) < 4.78 is 0. The van der Waals surface area contributed by atoms with Crippen LogP contribution in [-0.2, 0) is 10.2 Å². The number of hydrogen-bond acceptors (Lipinski definition) is 2. The van der Waals surface area contributed by atoms with Gasteiger partial charge in [-0.05, 0) is 51.4 Å². The first kappa shape index (κ1) is 15.5. The first-order valence-electron chi connectivity index (χ1n) is 8.52. The number of benzene rings is 1. The van der Waals surface area contributed by atoms with Crippen LogP contribution in [0.4, 0.5) is 0 Å². The largest absolute Gasteiger partial charge is 0.343 e. The van der Waals surface area contributed by atoms with Crippen LogP contribution in [0.25, 0.3) is 0 Å². The molecule has 1 fully saturated rings. The van der Waals surface area contributed by atoms with E-state index in [1.807, 2.05) is 6.92 Å². The molecule has 1 heterocycles. The lowest BCUT2D eigenvalue weighted by atomic mass is 9.73. The number of aryl methyl sites for hydroxylation is 1. The maximum atomic E-state index is 12.0. The molecule has 0 aromatic heterocycles. The summed E-state index contributed by atoms with van der Waals surface area (Å²) >= 11 is 0. The molecule has 1 unspecified atom stereocenters. The van der Waals surface area contributed by atoms with E-state index in [1.54, 1.807) is 5.56 Å². The van der Waals surface area contributed by atoms with E-state index in [4.69, 9.17) is 0 Å². The van der Waals surface area contributed by atoms with E-state index in [1.165, 1.54) is 17.5 Å². The molecule has 0 saturated carbocycles. The molecule has 0 N–H and O–H groups in total. The molecule has 3 heteroatoms. The SMILES string of the molecule is CCC(=O)N1CCC2(CC1)CC(N(C)C)c1ccc(C)cc12. The minimum absolute atomic E-state index is 0.279. The third-order valence-corrected chi connectivity index (χ3v) is 5.72. The second kappa shape index (κ2) is 5.69. The van der Waals surface area contributed by atoms with Crippen molar-refractivity contribution >= 4 is 5.91 Å². The number of carbonyl (C=O) groups is 1. The van der Waals surface area contributed by atoms with Crippen molar-refractivity contribution in [3.8, 4) is 0 Å². The Morgan fingerprint density at radius 1 is 1.32 bits per heavy atom. The molecule has 3 rings (SSSR count). The predicted octanol–water partition coefficient (Wildman–Crippen LogP) is 3.27. The standard InChI is InChI=1S/C19H28N2O/c1-5-18(22)21-10-8-19(9-11-21)13-17(20(3)4)15-7-6-14(2)12-16(15)19/h6-7,12,17H,5,8-11,13H2,1-4H3. The molecule has 0 radical (unpaired) electrons. The van der Waals surface area contributed by atoms with Gasteiger partial charge < -0.3 is 9.80 Å². The van der Waals surface area contributed by atoms with Gasteiger partial charge >= 0.3 is 0 Å². The van der Waals surface area contributed by atoms with Crippen molar-refractivity contribution in [2.24, 2.45) is 0 Å². The number of carbonyl (C=O) groups excluding carboxylic acids is 1. The maximum absolute atomic E-state index is 12.0. The molecule has 3 nitrogen and oxygen atoms in total. The van der Waals surface area contributed by atoms with E-state index < -0.39 is 0 Å². The highest BCUT2D eigenvalue weighted by atomic mass is 16.2. The Labute approximate surface area is 134 Å². The van der Waals surface area contributed by atoms with Gasteiger partial charge in [0.05, 0.1) is 0 Å². The number of nitrogens with zero attached hydrogens (tertiary/aromatic N) is 2. The Hall–Kier alpha value is -1.35. The summed E-state index contributed by atoms with van der Waals surface area (Å²) in [7, 11) is 4.37. The number of hydrogen-bond donors (Lipinski definition) is 0. The monoisotopic (exact) mass is 300 g/mol. The van der Waals surface area contributed by atoms with Gasteiger partial charge in [-0.2, -0.15) is 0 Å². The van der Waals surface area contributed by atoms with Crippen molar-refractivity contribution in [1.82, 2.24) is 9.80 Å². The highest BCUT2D eigenvalue weighted by Crippen LogP contribution is 2.52. The van der Waals surface area contributed by atoms with Gasteiger partial charge in [0.15, 0.2) is 0 Å². The summed E-state index contributed by atoms with van der Waals surface area (Å²) in [6, 6.07) is 7.48. The average Bonchev–Trinajstić information content (AvgIpc) is 2.82. The highest BCUT2D eigenvalue weighted by Gasteiger charge is 2.46. The Bertz CT molecular complexity index is 571. The van der Waals surface area contributed by atoms with E-state index in [-0.39, 0.29) is 5.41 Å². The molecule has 0 bridgehead atoms. The molecule has 120 valence electrons. The fourth-order valence-electron chi connectivity index (χ4n) is 4.35. The van der Waals surface area contributed by atoms with Crippen LogP contribution < -0.4 is 0 Å². The van der Waals surface area contributed by atoms with Crippen LogP contribution in [-0.4, -0.2) is 42.9 Å². The van der Waals surface area contributed by atoms with E-state index in [2.05, 4.69) is 49.0 Å². The minimum atomic E-state index is 0.279. The first-order valence-corrected chi connectivity index (χ1v) is 8.52. The molecule has 1 aromatic carbocycles. The highest BCUT2D eigenvalue weighted by molar-refractivity contribution is 5.76. The van der Waals surface area contributed by atoms with Gasteiger partial charge in [-0.15, -0.1) is 0 Å². The van der Waals surface area contributed by atoms with Gasteiger partial charge in [0.2, 0.25) is 5.91 Å². The summed E-state index contributed by atoms with van der Waals surface area (Å²) in [5.74, 6) is 0.307. The molecule has 2 aliphatic rings. The van der Waals surface area contributed by atoms with Gasteiger partial charge in [0, 0.05) is 31.0 Å². The molecule has 1 atom stereocenters. The molecule has 1 aliphatic carbocycles. The number of fused-ring (bicyclic) bond motifs is 2. The van der Waals surface area contributed by atoms with Crippen molar-refractivity contribution in [2.45, 2.75) is 51.0 Å². The summed E-state index contributed by atoms with van der Waals surface area (Å²) in [5, 5.41) is 0. The van der Waals surface area contributed by atoms with Crippen molar-refractivity contribution in [3.63, 3.8) is 0 Å². The molecular weight excluding hydrogens is 272 g/mol. The van der Waals surface area contributed by atoms with E-state index in [0.29, 0.717) is 18.4 Å². The molecular formula is C19H28N2O. The second-order valence-electron chi connectivity index (χ2n) is 7.29. The number of piperidine rings is 1. The van der Waals surface area contributed by atoms with Gasteiger partial charge in [0.1, 0.15) is 0 Å². The predicted molar refractivity (Wildman–Crippen MR) is 90.0 cm³/mol. The van der Waals surface area contributed by atoms with Crippen LogP contribution in [0.2, 0.25) is 0 Å². The molecule has 1 aromatic rings. The zero-order valence-electron chi connectivity index (χ0n) is 14.4. The fraction of sp³-hybridized carbons (Fsp3) is 0.632. The topological polar surface area (TPSA) is 23.6 Å². The van der Waals surface area contributed by atoms with Crippen molar-refractivity contribution in [3.05, 3.63) is 34.9 Å².